The molecule has 1 aliphatic heterocycles. The number of hydrogen-bond donors (Lipinski definition) is 0. The lowest BCUT2D eigenvalue weighted by atomic mass is 10.1. The summed E-state index contributed by atoms with van der Waals surface area (Å²) in [5, 5.41) is -0.187. The first-order valence-electron chi connectivity index (χ1n) is 9.17. The summed E-state index contributed by atoms with van der Waals surface area (Å²) in [6, 6.07) is 12.8. The minimum Gasteiger partial charge on any atom is -0.494 e. The molecule has 0 saturated carbocycles. The summed E-state index contributed by atoms with van der Waals surface area (Å²) < 4.78 is 11.2. The van der Waals surface area contributed by atoms with Gasteiger partial charge in [0.2, 0.25) is 5.91 Å². The summed E-state index contributed by atoms with van der Waals surface area (Å²) in [5.41, 5.74) is 1.63. The topological polar surface area (TPSA) is 55.8 Å². The van der Waals surface area contributed by atoms with E-state index in [1.54, 1.807) is 6.07 Å². The first-order valence-corrected chi connectivity index (χ1v) is 10.4. The van der Waals surface area contributed by atoms with Gasteiger partial charge in [0.25, 0.3) is 5.24 Å². The fourth-order valence-corrected chi connectivity index (χ4v) is 4.23. The summed E-state index contributed by atoms with van der Waals surface area (Å²) in [7, 11) is 0. The number of rotatable bonds is 8. The van der Waals surface area contributed by atoms with Gasteiger partial charge in [-0.05, 0) is 43.5 Å². The molecule has 7 heteroatoms. The molecule has 0 aromatic heterocycles. The first-order chi connectivity index (χ1) is 13.5. The molecule has 28 heavy (non-hydrogen) atoms. The van der Waals surface area contributed by atoms with E-state index in [2.05, 4.69) is 0 Å². The van der Waals surface area contributed by atoms with Gasteiger partial charge in [-0.15, -0.1) is 0 Å². The normalized spacial score (nSPS) is 16.5. The molecule has 3 rings (SSSR count). The molecule has 2 aromatic rings. The van der Waals surface area contributed by atoms with Gasteiger partial charge in [0.15, 0.2) is 0 Å². The number of thioether (sulfide) groups is 1. The smallest absolute Gasteiger partial charge is 0.289 e. The second-order valence-corrected chi connectivity index (χ2v) is 7.79. The van der Waals surface area contributed by atoms with E-state index < -0.39 is 5.25 Å². The molecular formula is C21H22ClNO4S. The van der Waals surface area contributed by atoms with E-state index in [9.17, 15) is 9.59 Å². The Balaban J connectivity index is 1.76. The Bertz CT molecular complexity index is 873. The van der Waals surface area contributed by atoms with Crippen LogP contribution in [-0.4, -0.2) is 34.5 Å². The maximum Gasteiger partial charge on any atom is 0.289 e. The average molecular weight is 420 g/mol. The van der Waals surface area contributed by atoms with E-state index in [0.717, 1.165) is 28.6 Å². The number of benzene rings is 2. The number of nitrogens with zero attached hydrogens (tertiary/aromatic N) is 1. The van der Waals surface area contributed by atoms with Crippen molar-refractivity contribution in [3.8, 4) is 11.5 Å². The van der Waals surface area contributed by atoms with E-state index in [0.29, 0.717) is 30.4 Å². The zero-order valence-corrected chi connectivity index (χ0v) is 17.4. The van der Waals surface area contributed by atoms with Crippen LogP contribution in [0.1, 0.15) is 25.0 Å². The summed E-state index contributed by atoms with van der Waals surface area (Å²) in [4.78, 5) is 26.5. The molecule has 1 fully saturated rings. The second-order valence-electron chi connectivity index (χ2n) is 6.23. The zero-order chi connectivity index (χ0) is 20.1. The Hall–Kier alpha value is -2.18. The number of carbonyl (C=O) groups is 2. The summed E-state index contributed by atoms with van der Waals surface area (Å²) in [6.45, 7) is 5.07. The molecule has 2 amide bonds. The van der Waals surface area contributed by atoms with Crippen LogP contribution in [0.25, 0.3) is 0 Å². The van der Waals surface area contributed by atoms with Crippen molar-refractivity contribution in [2.75, 3.05) is 13.2 Å². The molecule has 1 aliphatic rings. The number of amides is 2. The van der Waals surface area contributed by atoms with Gasteiger partial charge >= 0.3 is 0 Å². The number of halogens is 1. The van der Waals surface area contributed by atoms with E-state index in [4.69, 9.17) is 21.1 Å². The summed E-state index contributed by atoms with van der Waals surface area (Å²) >= 11 is 7.23. The van der Waals surface area contributed by atoms with Crippen molar-refractivity contribution in [3.63, 3.8) is 0 Å². The predicted octanol–water partition coefficient (Wildman–Crippen LogP) is 4.94. The Morgan fingerprint density at radius 2 is 1.79 bits per heavy atom. The van der Waals surface area contributed by atoms with Gasteiger partial charge in [0.05, 0.1) is 25.0 Å². The van der Waals surface area contributed by atoms with Crippen molar-refractivity contribution >= 4 is 34.5 Å². The molecule has 0 unspecified atom stereocenters. The van der Waals surface area contributed by atoms with Crippen LogP contribution in [0.5, 0.6) is 11.5 Å². The number of hydrogen-bond acceptors (Lipinski definition) is 5. The van der Waals surface area contributed by atoms with E-state index in [1.807, 2.05) is 50.2 Å². The quantitative estimate of drug-likeness (QED) is 0.606. The van der Waals surface area contributed by atoms with Gasteiger partial charge in [0, 0.05) is 11.1 Å². The van der Waals surface area contributed by atoms with Crippen LogP contribution in [0, 0.1) is 0 Å². The van der Waals surface area contributed by atoms with Crippen LogP contribution in [0.15, 0.2) is 42.5 Å². The Morgan fingerprint density at radius 1 is 1.04 bits per heavy atom. The molecule has 1 saturated heterocycles. The standard InChI is InChI=1S/C21H22ClNO4S/c1-3-26-16-10-9-14(18(12-16)27-4-2)11-19-20(24)23(21(25)28-19)13-15-7-5-6-8-17(15)22/h5-10,12,19H,3-4,11,13H2,1-2H3/t19-/m0/s1. The SMILES string of the molecule is CCOc1ccc(C[C@@H]2SC(=O)N(Cc3ccccc3Cl)C2=O)c(OCC)c1. The first kappa shape index (κ1) is 20.6. The molecular weight excluding hydrogens is 398 g/mol. The van der Waals surface area contributed by atoms with Gasteiger partial charge in [-0.1, -0.05) is 47.6 Å². The van der Waals surface area contributed by atoms with E-state index in [-0.39, 0.29) is 17.7 Å². The number of ether oxygens (including phenoxy) is 2. The molecule has 0 bridgehead atoms. The molecule has 1 atom stereocenters. The van der Waals surface area contributed by atoms with Gasteiger partial charge in [0.1, 0.15) is 11.5 Å². The largest absolute Gasteiger partial charge is 0.494 e. The second kappa shape index (κ2) is 9.34. The Kier molecular flexibility index (Phi) is 6.86. The molecule has 0 radical (unpaired) electrons. The highest BCUT2D eigenvalue weighted by atomic mass is 35.5. The third kappa shape index (κ3) is 4.62. The average Bonchev–Trinajstić information content (AvgIpc) is 2.93. The number of imide groups is 1. The summed E-state index contributed by atoms with van der Waals surface area (Å²) in [5.74, 6) is 1.20. The van der Waals surface area contributed by atoms with E-state index in [1.165, 1.54) is 4.90 Å². The van der Waals surface area contributed by atoms with Crippen LogP contribution < -0.4 is 9.47 Å². The van der Waals surface area contributed by atoms with Crippen LogP contribution in [0.2, 0.25) is 5.02 Å². The maximum atomic E-state index is 12.9. The minimum absolute atomic E-state index is 0.183. The molecule has 1 heterocycles. The monoisotopic (exact) mass is 419 g/mol. The van der Waals surface area contributed by atoms with Crippen LogP contribution in [0.4, 0.5) is 4.79 Å². The van der Waals surface area contributed by atoms with Crippen molar-refractivity contribution < 1.29 is 19.1 Å². The lowest BCUT2D eigenvalue weighted by molar-refractivity contribution is -0.127. The predicted molar refractivity (Wildman–Crippen MR) is 111 cm³/mol. The Labute approximate surface area is 174 Å². The van der Waals surface area contributed by atoms with Crippen molar-refractivity contribution in [1.82, 2.24) is 4.90 Å². The molecule has 5 nitrogen and oxygen atoms in total. The number of carbonyl (C=O) groups excluding carboxylic acids is 2. The zero-order valence-electron chi connectivity index (χ0n) is 15.8. The highest BCUT2D eigenvalue weighted by Crippen LogP contribution is 2.35. The minimum atomic E-state index is -0.480. The van der Waals surface area contributed by atoms with Gasteiger partial charge in [-0.3, -0.25) is 14.5 Å². The fraction of sp³-hybridized carbons (Fsp3) is 0.333. The van der Waals surface area contributed by atoms with Gasteiger partial charge in [-0.25, -0.2) is 0 Å². The van der Waals surface area contributed by atoms with Gasteiger partial charge in [-0.2, -0.15) is 0 Å². The highest BCUT2D eigenvalue weighted by molar-refractivity contribution is 8.15. The third-order valence-electron chi connectivity index (χ3n) is 4.35. The molecule has 0 spiro atoms. The van der Waals surface area contributed by atoms with Crippen molar-refractivity contribution in [1.29, 1.82) is 0 Å². The molecule has 148 valence electrons. The lowest BCUT2D eigenvalue weighted by Gasteiger charge is -2.16. The van der Waals surface area contributed by atoms with Crippen LogP contribution in [0.3, 0.4) is 0 Å². The molecule has 2 aromatic carbocycles. The van der Waals surface area contributed by atoms with Crippen molar-refractivity contribution in [2.45, 2.75) is 32.1 Å². The van der Waals surface area contributed by atoms with E-state index >= 15 is 0 Å². The van der Waals surface area contributed by atoms with Crippen molar-refractivity contribution in [2.24, 2.45) is 0 Å². The lowest BCUT2D eigenvalue weighted by Crippen LogP contribution is -2.31. The van der Waals surface area contributed by atoms with Crippen LogP contribution in [-0.2, 0) is 17.8 Å². The maximum absolute atomic E-state index is 12.9. The van der Waals surface area contributed by atoms with Crippen LogP contribution >= 0.6 is 23.4 Å². The third-order valence-corrected chi connectivity index (χ3v) is 5.79. The molecule has 0 N–H and O–H groups in total. The fourth-order valence-electron chi connectivity index (χ4n) is 3.02. The Morgan fingerprint density at radius 3 is 2.50 bits per heavy atom. The highest BCUT2D eigenvalue weighted by Gasteiger charge is 2.40. The molecule has 0 aliphatic carbocycles. The van der Waals surface area contributed by atoms with Gasteiger partial charge < -0.3 is 9.47 Å². The van der Waals surface area contributed by atoms with Crippen molar-refractivity contribution in [3.05, 3.63) is 58.6 Å². The summed E-state index contributed by atoms with van der Waals surface area (Å²) in [6.07, 6.45) is 0.413.